The minimum atomic E-state index is -4.77. The molecule has 0 unspecified atom stereocenters. The van der Waals surface area contributed by atoms with Crippen LogP contribution in [0.15, 0.2) is 38.0 Å². The van der Waals surface area contributed by atoms with Crippen LogP contribution in [0.3, 0.4) is 0 Å². The van der Waals surface area contributed by atoms with Gasteiger partial charge in [0.25, 0.3) is 5.85 Å². The van der Waals surface area contributed by atoms with Crippen LogP contribution in [0.25, 0.3) is 0 Å². The van der Waals surface area contributed by atoms with E-state index in [0.29, 0.717) is 18.2 Å². The second-order valence-electron chi connectivity index (χ2n) is 5.91. The number of hydrogen-bond acceptors (Lipinski definition) is 9. The predicted octanol–water partition coefficient (Wildman–Crippen LogP) is 2.67. The van der Waals surface area contributed by atoms with Gasteiger partial charge in [-0.25, -0.2) is 18.8 Å². The second-order valence-corrected chi connectivity index (χ2v) is 5.91. The highest BCUT2D eigenvalue weighted by Gasteiger charge is 2.49. The SMILES string of the molecule is C=CC(=O)OCC(F)(F)OCC(F)(COC(F)(F)COC(=O)C=C)OC(F)(F)COC(=O)C=C. The molecule has 34 heavy (non-hydrogen) atoms. The summed E-state index contributed by atoms with van der Waals surface area (Å²) in [6.45, 7) is -1.30. The Hall–Kier alpha value is -2.98. The van der Waals surface area contributed by atoms with Crippen LogP contribution >= 0.6 is 0 Å². The monoisotopic (exact) mass is 512 g/mol. The average molecular weight is 512 g/mol. The third-order valence-corrected chi connectivity index (χ3v) is 2.98. The van der Waals surface area contributed by atoms with E-state index in [-0.39, 0.29) is 0 Å². The third-order valence-electron chi connectivity index (χ3n) is 2.98. The number of esters is 3. The van der Waals surface area contributed by atoms with Crippen LogP contribution in [0.5, 0.6) is 0 Å². The molecule has 0 aliphatic heterocycles. The zero-order chi connectivity index (χ0) is 26.6. The first-order valence-electron chi connectivity index (χ1n) is 8.67. The van der Waals surface area contributed by atoms with Crippen molar-refractivity contribution in [1.82, 2.24) is 0 Å². The van der Waals surface area contributed by atoms with Gasteiger partial charge in [-0.3, -0.25) is 4.74 Å². The first-order chi connectivity index (χ1) is 15.5. The van der Waals surface area contributed by atoms with E-state index in [9.17, 15) is 45.1 Å². The molecular formula is C18H19F7O9. The molecule has 0 rings (SSSR count). The fourth-order valence-electron chi connectivity index (χ4n) is 1.55. The maximum Gasteiger partial charge on any atom is 0.392 e. The highest BCUT2D eigenvalue weighted by molar-refractivity contribution is 5.81. The van der Waals surface area contributed by atoms with E-state index in [1.807, 2.05) is 0 Å². The highest BCUT2D eigenvalue weighted by Crippen LogP contribution is 2.31. The lowest BCUT2D eigenvalue weighted by molar-refractivity contribution is -0.392. The Morgan fingerprint density at radius 3 is 1.15 bits per heavy atom. The van der Waals surface area contributed by atoms with Gasteiger partial charge >= 0.3 is 36.2 Å². The van der Waals surface area contributed by atoms with E-state index in [1.165, 1.54) is 0 Å². The normalized spacial score (nSPS) is 12.4. The summed E-state index contributed by atoms with van der Waals surface area (Å²) in [6.07, 6.45) is -12.4. The predicted molar refractivity (Wildman–Crippen MR) is 95.1 cm³/mol. The van der Waals surface area contributed by atoms with Gasteiger partial charge in [0.15, 0.2) is 19.8 Å². The number of carbonyl (C=O) groups is 3. The molecule has 16 heteroatoms. The van der Waals surface area contributed by atoms with Gasteiger partial charge in [0, 0.05) is 18.2 Å². The van der Waals surface area contributed by atoms with Crippen LogP contribution in [-0.2, 0) is 42.8 Å². The van der Waals surface area contributed by atoms with Gasteiger partial charge < -0.3 is 23.7 Å². The van der Waals surface area contributed by atoms with Gasteiger partial charge in [-0.05, 0) is 0 Å². The molecule has 0 aliphatic carbocycles. The minimum Gasteiger partial charge on any atom is -0.453 e. The largest absolute Gasteiger partial charge is 0.453 e. The molecule has 0 heterocycles. The summed E-state index contributed by atoms with van der Waals surface area (Å²) in [7, 11) is 0. The topological polar surface area (TPSA) is 107 Å². The van der Waals surface area contributed by atoms with Gasteiger partial charge in [0.1, 0.15) is 13.2 Å². The minimum absolute atomic E-state index is 0.446. The van der Waals surface area contributed by atoms with E-state index in [4.69, 9.17) is 0 Å². The van der Waals surface area contributed by atoms with Gasteiger partial charge in [-0.1, -0.05) is 19.7 Å². The molecule has 0 aliphatic rings. The van der Waals surface area contributed by atoms with Gasteiger partial charge in [0.05, 0.1) is 0 Å². The van der Waals surface area contributed by atoms with Crippen molar-refractivity contribution in [3.8, 4) is 0 Å². The molecule has 0 spiro atoms. The lowest BCUT2D eigenvalue weighted by Crippen LogP contribution is -2.49. The molecule has 0 amide bonds. The van der Waals surface area contributed by atoms with Crippen molar-refractivity contribution in [2.45, 2.75) is 24.2 Å². The van der Waals surface area contributed by atoms with E-state index in [1.54, 1.807) is 0 Å². The fraction of sp³-hybridized carbons (Fsp3) is 0.500. The molecule has 0 saturated heterocycles. The van der Waals surface area contributed by atoms with E-state index in [0.717, 1.165) is 0 Å². The van der Waals surface area contributed by atoms with Crippen LogP contribution < -0.4 is 0 Å². The van der Waals surface area contributed by atoms with E-state index < -0.39 is 75.1 Å². The number of rotatable bonds is 17. The van der Waals surface area contributed by atoms with Crippen molar-refractivity contribution in [3.63, 3.8) is 0 Å². The Morgan fingerprint density at radius 1 is 0.559 bits per heavy atom. The summed E-state index contributed by atoms with van der Waals surface area (Å²) < 4.78 is 120. The molecule has 0 aromatic carbocycles. The van der Waals surface area contributed by atoms with Crippen molar-refractivity contribution >= 4 is 17.9 Å². The summed E-state index contributed by atoms with van der Waals surface area (Å²) in [6, 6.07) is 0. The number of hydrogen-bond donors (Lipinski definition) is 0. The number of halogens is 7. The van der Waals surface area contributed by atoms with Crippen molar-refractivity contribution in [2.24, 2.45) is 0 Å². The summed E-state index contributed by atoms with van der Waals surface area (Å²) in [5.74, 6) is -8.34. The van der Waals surface area contributed by atoms with Crippen molar-refractivity contribution in [1.29, 1.82) is 0 Å². The van der Waals surface area contributed by atoms with Crippen molar-refractivity contribution in [2.75, 3.05) is 33.0 Å². The Morgan fingerprint density at radius 2 is 0.853 bits per heavy atom. The third kappa shape index (κ3) is 13.5. The molecule has 0 bridgehead atoms. The Kier molecular flexibility index (Phi) is 11.9. The summed E-state index contributed by atoms with van der Waals surface area (Å²) >= 11 is 0. The lowest BCUT2D eigenvalue weighted by Gasteiger charge is -2.31. The lowest BCUT2D eigenvalue weighted by atomic mass is 10.3. The molecule has 0 aromatic heterocycles. The Labute approximate surface area is 187 Å². The van der Waals surface area contributed by atoms with Gasteiger partial charge in [-0.2, -0.15) is 26.3 Å². The fourth-order valence-corrected chi connectivity index (χ4v) is 1.55. The van der Waals surface area contributed by atoms with Crippen LogP contribution in [-0.4, -0.2) is 75.1 Å². The second kappa shape index (κ2) is 13.0. The summed E-state index contributed by atoms with van der Waals surface area (Å²) in [4.78, 5) is 32.5. The van der Waals surface area contributed by atoms with Gasteiger partial charge in [-0.15, -0.1) is 0 Å². The molecule has 0 saturated carbocycles. The van der Waals surface area contributed by atoms with Crippen LogP contribution in [0.2, 0.25) is 0 Å². The Balaban J connectivity index is 5.43. The summed E-state index contributed by atoms with van der Waals surface area (Å²) in [5.41, 5.74) is 0. The molecule has 0 atom stereocenters. The highest BCUT2D eigenvalue weighted by atomic mass is 19.3. The summed E-state index contributed by atoms with van der Waals surface area (Å²) in [5, 5.41) is 0. The zero-order valence-electron chi connectivity index (χ0n) is 17.2. The molecule has 0 radical (unpaired) electrons. The standard InChI is InChI=1S/C18H19F7O9/c1-4-12(26)29-9-16(20,21)32-7-15(19,34-18(24,25)11-31-14(28)6-3)8-33-17(22,23)10-30-13(27)5-2/h4-6H,1-3,7-11H2. The molecule has 9 nitrogen and oxygen atoms in total. The maximum atomic E-state index is 14.9. The smallest absolute Gasteiger partial charge is 0.392 e. The number of alkyl halides is 7. The van der Waals surface area contributed by atoms with Crippen LogP contribution in [0.1, 0.15) is 0 Å². The molecule has 0 aromatic rings. The quantitative estimate of drug-likeness (QED) is 0.126. The van der Waals surface area contributed by atoms with Crippen molar-refractivity contribution < 1.29 is 73.5 Å². The molecule has 0 fully saturated rings. The first kappa shape index (κ1) is 31.0. The van der Waals surface area contributed by atoms with Crippen LogP contribution in [0, 0.1) is 0 Å². The average Bonchev–Trinajstić information content (AvgIpc) is 2.77. The first-order valence-corrected chi connectivity index (χ1v) is 8.67. The Bertz CT molecular complexity index is 716. The van der Waals surface area contributed by atoms with Gasteiger partial charge in [0.2, 0.25) is 0 Å². The van der Waals surface area contributed by atoms with Crippen molar-refractivity contribution in [3.05, 3.63) is 38.0 Å². The molecule has 0 N–H and O–H groups in total. The molecular weight excluding hydrogens is 493 g/mol. The van der Waals surface area contributed by atoms with E-state index in [2.05, 4.69) is 48.2 Å². The van der Waals surface area contributed by atoms with E-state index >= 15 is 0 Å². The molecule has 194 valence electrons. The van der Waals surface area contributed by atoms with Crippen LogP contribution in [0.4, 0.5) is 30.7 Å². The maximum absolute atomic E-state index is 14.9. The number of ether oxygens (including phenoxy) is 6. The zero-order valence-corrected chi connectivity index (χ0v) is 17.2. The number of carbonyl (C=O) groups excluding carboxylic acids is 3.